The van der Waals surface area contributed by atoms with Gasteiger partial charge in [0.2, 0.25) is 11.8 Å². The van der Waals surface area contributed by atoms with Crippen LogP contribution in [0.1, 0.15) is 29.9 Å². The Kier molecular flexibility index (Phi) is 11.0. The Hall–Kier alpha value is -3.30. The van der Waals surface area contributed by atoms with Gasteiger partial charge in [-0.15, -0.1) is 0 Å². The molecule has 1 aromatic heterocycles. The second-order valence-electron chi connectivity index (χ2n) is 8.16. The van der Waals surface area contributed by atoms with Crippen molar-refractivity contribution in [2.24, 2.45) is 5.92 Å². The van der Waals surface area contributed by atoms with E-state index in [1.165, 1.54) is 12.3 Å². The number of carbonyl (C=O) groups excluding carboxylic acids is 3. The number of amides is 3. The quantitative estimate of drug-likeness (QED) is 0.294. The number of aliphatic hydroxyl groups excluding tert-OH is 1. The number of nitrogens with zero attached hydrogens (tertiary/aromatic N) is 1. The van der Waals surface area contributed by atoms with Crippen molar-refractivity contribution in [3.8, 4) is 0 Å². The number of rotatable bonds is 13. The van der Waals surface area contributed by atoms with E-state index in [0.717, 1.165) is 12.1 Å². The van der Waals surface area contributed by atoms with E-state index >= 15 is 0 Å². The van der Waals surface area contributed by atoms with Crippen molar-refractivity contribution in [1.82, 2.24) is 26.3 Å². The highest BCUT2D eigenvalue weighted by Crippen LogP contribution is 2.06. The van der Waals surface area contributed by atoms with E-state index in [4.69, 9.17) is 0 Å². The van der Waals surface area contributed by atoms with Crippen LogP contribution in [0, 0.1) is 5.92 Å². The normalized spacial score (nSPS) is 12.6. The molecule has 9 heteroatoms. The number of aromatic nitrogens is 1. The lowest BCUT2D eigenvalue weighted by Gasteiger charge is -2.25. The van der Waals surface area contributed by atoms with Crippen molar-refractivity contribution < 1.29 is 19.5 Å². The molecule has 2 aromatic rings. The Labute approximate surface area is 194 Å². The zero-order valence-corrected chi connectivity index (χ0v) is 19.1. The van der Waals surface area contributed by atoms with Crippen LogP contribution in [0.4, 0.5) is 0 Å². The molecule has 2 unspecified atom stereocenters. The number of hydrogen-bond acceptors (Lipinski definition) is 6. The summed E-state index contributed by atoms with van der Waals surface area (Å²) in [6.45, 7) is 4.69. The third kappa shape index (κ3) is 10.2. The third-order valence-electron chi connectivity index (χ3n) is 4.77. The first-order chi connectivity index (χ1) is 15.8. The summed E-state index contributed by atoms with van der Waals surface area (Å²) in [5, 5.41) is 21.6. The van der Waals surface area contributed by atoms with Crippen molar-refractivity contribution in [1.29, 1.82) is 0 Å². The molecular weight excluding hydrogens is 422 g/mol. The first-order valence-corrected chi connectivity index (χ1v) is 11.0. The highest BCUT2D eigenvalue weighted by atomic mass is 16.3. The van der Waals surface area contributed by atoms with E-state index in [2.05, 4.69) is 40.1 Å². The summed E-state index contributed by atoms with van der Waals surface area (Å²) in [5.74, 6) is -0.973. The Morgan fingerprint density at radius 1 is 0.909 bits per heavy atom. The largest absolute Gasteiger partial charge is 0.390 e. The van der Waals surface area contributed by atoms with Gasteiger partial charge in [-0.1, -0.05) is 50.2 Å². The highest BCUT2D eigenvalue weighted by Gasteiger charge is 2.22. The van der Waals surface area contributed by atoms with Crippen molar-refractivity contribution in [2.75, 3.05) is 26.2 Å². The number of nitrogens with one attached hydrogen (secondary N) is 4. The molecule has 1 aromatic carbocycles. The molecule has 178 valence electrons. The summed E-state index contributed by atoms with van der Waals surface area (Å²) in [7, 11) is 0. The minimum atomic E-state index is -0.804. The molecule has 33 heavy (non-hydrogen) atoms. The van der Waals surface area contributed by atoms with Crippen molar-refractivity contribution in [3.05, 3.63) is 66.0 Å². The fourth-order valence-electron chi connectivity index (χ4n) is 3.06. The minimum Gasteiger partial charge on any atom is -0.390 e. The molecular formula is C24H33N5O4. The SMILES string of the molecule is CC(C)CNCC(O)C(Cc1ccccc1)NC(=O)CNC(=O)CNC(=O)c1ccccn1. The molecule has 0 aliphatic heterocycles. The highest BCUT2D eigenvalue weighted by molar-refractivity contribution is 5.95. The van der Waals surface area contributed by atoms with E-state index in [0.29, 0.717) is 18.9 Å². The van der Waals surface area contributed by atoms with E-state index in [9.17, 15) is 19.5 Å². The molecule has 0 bridgehead atoms. The minimum absolute atomic E-state index is 0.201. The molecule has 0 aliphatic rings. The average molecular weight is 456 g/mol. The number of benzene rings is 1. The molecule has 0 fully saturated rings. The van der Waals surface area contributed by atoms with Crippen LogP contribution >= 0.6 is 0 Å². The lowest BCUT2D eigenvalue weighted by atomic mass is 10.0. The summed E-state index contributed by atoms with van der Waals surface area (Å²) in [4.78, 5) is 40.3. The summed E-state index contributed by atoms with van der Waals surface area (Å²) in [6, 6.07) is 13.9. The first-order valence-electron chi connectivity index (χ1n) is 11.0. The van der Waals surface area contributed by atoms with E-state index in [-0.39, 0.29) is 18.8 Å². The third-order valence-corrected chi connectivity index (χ3v) is 4.77. The molecule has 0 aliphatic carbocycles. The monoisotopic (exact) mass is 455 g/mol. The van der Waals surface area contributed by atoms with Gasteiger partial charge in [-0.3, -0.25) is 19.4 Å². The number of pyridine rings is 1. The summed E-state index contributed by atoms with van der Waals surface area (Å²) >= 11 is 0. The second-order valence-corrected chi connectivity index (χ2v) is 8.16. The Morgan fingerprint density at radius 2 is 1.61 bits per heavy atom. The van der Waals surface area contributed by atoms with Crippen LogP contribution in [0.15, 0.2) is 54.7 Å². The van der Waals surface area contributed by atoms with Gasteiger partial charge in [0.15, 0.2) is 0 Å². The first kappa shape index (κ1) is 26.0. The lowest BCUT2D eigenvalue weighted by molar-refractivity contribution is -0.126. The van der Waals surface area contributed by atoms with Gasteiger partial charge in [-0.05, 0) is 36.6 Å². The average Bonchev–Trinajstić information content (AvgIpc) is 2.81. The van der Waals surface area contributed by atoms with E-state index in [1.807, 2.05) is 30.3 Å². The van der Waals surface area contributed by atoms with Crippen LogP contribution in [0.25, 0.3) is 0 Å². The van der Waals surface area contributed by atoms with Gasteiger partial charge in [-0.25, -0.2) is 0 Å². The maximum absolute atomic E-state index is 12.4. The van der Waals surface area contributed by atoms with Crippen LogP contribution in [-0.2, 0) is 16.0 Å². The molecule has 2 atom stereocenters. The smallest absolute Gasteiger partial charge is 0.270 e. The number of carbonyl (C=O) groups is 3. The second kappa shape index (κ2) is 14.0. The Morgan fingerprint density at radius 3 is 2.27 bits per heavy atom. The fourth-order valence-corrected chi connectivity index (χ4v) is 3.06. The number of hydrogen-bond donors (Lipinski definition) is 5. The number of aliphatic hydroxyl groups is 1. The molecule has 0 radical (unpaired) electrons. The molecule has 0 saturated heterocycles. The van der Waals surface area contributed by atoms with Gasteiger partial charge < -0.3 is 26.4 Å². The zero-order chi connectivity index (χ0) is 24.1. The predicted octanol–water partition coefficient (Wildman–Crippen LogP) is 0.262. The Bertz CT molecular complexity index is 877. The fraction of sp³-hybridized carbons (Fsp3) is 0.417. The molecule has 0 spiro atoms. The van der Waals surface area contributed by atoms with Gasteiger partial charge in [0.05, 0.1) is 25.2 Å². The molecule has 3 amide bonds. The van der Waals surface area contributed by atoms with Gasteiger partial charge >= 0.3 is 0 Å². The molecule has 5 N–H and O–H groups in total. The van der Waals surface area contributed by atoms with E-state index in [1.54, 1.807) is 12.1 Å². The van der Waals surface area contributed by atoms with Gasteiger partial charge in [0.25, 0.3) is 5.91 Å². The van der Waals surface area contributed by atoms with Crippen LogP contribution < -0.4 is 21.3 Å². The van der Waals surface area contributed by atoms with Crippen LogP contribution in [-0.4, -0.2) is 66.1 Å². The summed E-state index contributed by atoms with van der Waals surface area (Å²) in [5.41, 5.74) is 1.18. The van der Waals surface area contributed by atoms with Crippen LogP contribution in [0.2, 0.25) is 0 Å². The maximum atomic E-state index is 12.4. The molecule has 2 rings (SSSR count). The molecule has 0 saturated carbocycles. The maximum Gasteiger partial charge on any atom is 0.270 e. The van der Waals surface area contributed by atoms with Crippen molar-refractivity contribution in [2.45, 2.75) is 32.4 Å². The van der Waals surface area contributed by atoms with Crippen LogP contribution in [0.5, 0.6) is 0 Å². The standard InChI is InChI=1S/C24H33N5O4/c1-17(2)13-25-14-21(30)20(12-18-8-4-3-5-9-18)29-23(32)16-27-22(31)15-28-24(33)19-10-6-7-11-26-19/h3-11,17,20-21,25,30H,12-16H2,1-2H3,(H,27,31)(H,28,33)(H,29,32). The van der Waals surface area contributed by atoms with Gasteiger partial charge in [-0.2, -0.15) is 0 Å². The summed E-state index contributed by atoms with van der Waals surface area (Å²) < 4.78 is 0. The zero-order valence-electron chi connectivity index (χ0n) is 19.1. The molecule has 1 heterocycles. The van der Waals surface area contributed by atoms with Crippen LogP contribution in [0.3, 0.4) is 0 Å². The van der Waals surface area contributed by atoms with Gasteiger partial charge in [0, 0.05) is 12.7 Å². The summed E-state index contributed by atoms with van der Waals surface area (Å²) in [6.07, 6.45) is 1.13. The molecule has 9 nitrogen and oxygen atoms in total. The topological polar surface area (TPSA) is 132 Å². The van der Waals surface area contributed by atoms with Crippen molar-refractivity contribution >= 4 is 17.7 Å². The van der Waals surface area contributed by atoms with Crippen molar-refractivity contribution in [3.63, 3.8) is 0 Å². The lowest BCUT2D eigenvalue weighted by Crippen LogP contribution is -2.51. The predicted molar refractivity (Wildman–Crippen MR) is 125 cm³/mol. The van der Waals surface area contributed by atoms with E-state index < -0.39 is 29.9 Å². The Balaban J connectivity index is 1.82. The van der Waals surface area contributed by atoms with Gasteiger partial charge in [0.1, 0.15) is 5.69 Å².